The van der Waals surface area contributed by atoms with E-state index in [4.69, 9.17) is 18.9 Å². The van der Waals surface area contributed by atoms with Gasteiger partial charge in [-0.15, -0.1) is 0 Å². The van der Waals surface area contributed by atoms with Gasteiger partial charge in [-0.25, -0.2) is 0 Å². The highest BCUT2D eigenvalue weighted by molar-refractivity contribution is 5.57. The molecule has 150 valence electrons. The SMILES string of the molecule is COc1ccc([C@H]2C[C@@](O)(c3ccccc3)Oc3cc(OC)cc(OC)c32)cc1. The molecule has 1 aliphatic rings. The molecule has 0 aliphatic carbocycles. The van der Waals surface area contributed by atoms with Crippen molar-refractivity contribution < 1.29 is 24.1 Å². The topological polar surface area (TPSA) is 57.2 Å². The average Bonchev–Trinajstić information content (AvgIpc) is 2.78. The van der Waals surface area contributed by atoms with Gasteiger partial charge in [-0.05, 0) is 17.7 Å². The maximum absolute atomic E-state index is 11.5. The molecule has 1 heterocycles. The van der Waals surface area contributed by atoms with Gasteiger partial charge < -0.3 is 24.1 Å². The van der Waals surface area contributed by atoms with Crippen molar-refractivity contribution in [2.75, 3.05) is 21.3 Å². The highest BCUT2D eigenvalue weighted by Crippen LogP contribution is 2.52. The highest BCUT2D eigenvalue weighted by Gasteiger charge is 2.43. The van der Waals surface area contributed by atoms with Crippen molar-refractivity contribution in [1.29, 1.82) is 0 Å². The van der Waals surface area contributed by atoms with Crippen molar-refractivity contribution in [3.8, 4) is 23.0 Å². The second kappa shape index (κ2) is 7.68. The number of fused-ring (bicyclic) bond motifs is 1. The molecule has 29 heavy (non-hydrogen) atoms. The van der Waals surface area contributed by atoms with Crippen LogP contribution in [0.5, 0.6) is 23.0 Å². The lowest BCUT2D eigenvalue weighted by molar-refractivity contribution is -0.162. The van der Waals surface area contributed by atoms with Crippen LogP contribution in [0.15, 0.2) is 66.7 Å². The van der Waals surface area contributed by atoms with Crippen molar-refractivity contribution in [2.45, 2.75) is 18.1 Å². The van der Waals surface area contributed by atoms with E-state index in [0.717, 1.165) is 16.9 Å². The summed E-state index contributed by atoms with van der Waals surface area (Å²) in [6.45, 7) is 0. The summed E-state index contributed by atoms with van der Waals surface area (Å²) in [7, 11) is 4.86. The van der Waals surface area contributed by atoms with Crippen LogP contribution in [0.4, 0.5) is 0 Å². The Labute approximate surface area is 170 Å². The highest BCUT2D eigenvalue weighted by atomic mass is 16.6. The van der Waals surface area contributed by atoms with E-state index in [9.17, 15) is 5.11 Å². The molecule has 3 aromatic rings. The predicted molar refractivity (Wildman–Crippen MR) is 110 cm³/mol. The van der Waals surface area contributed by atoms with E-state index < -0.39 is 5.79 Å². The molecule has 3 aromatic carbocycles. The first kappa shape index (κ1) is 19.2. The van der Waals surface area contributed by atoms with Crippen LogP contribution in [0, 0.1) is 0 Å². The largest absolute Gasteiger partial charge is 0.497 e. The van der Waals surface area contributed by atoms with Gasteiger partial charge in [-0.3, -0.25) is 0 Å². The zero-order valence-electron chi connectivity index (χ0n) is 16.7. The normalized spacial score (nSPS) is 20.3. The molecule has 4 rings (SSSR count). The zero-order chi connectivity index (χ0) is 20.4. The van der Waals surface area contributed by atoms with Gasteiger partial charge in [0.2, 0.25) is 5.79 Å². The van der Waals surface area contributed by atoms with Crippen LogP contribution in [0.3, 0.4) is 0 Å². The maximum Gasteiger partial charge on any atom is 0.235 e. The molecule has 0 fully saturated rings. The van der Waals surface area contributed by atoms with Crippen molar-refractivity contribution in [3.63, 3.8) is 0 Å². The second-order valence-electron chi connectivity index (χ2n) is 7.02. The Balaban J connectivity index is 1.89. The first-order valence-corrected chi connectivity index (χ1v) is 9.44. The first-order chi connectivity index (χ1) is 14.1. The first-order valence-electron chi connectivity index (χ1n) is 9.44. The molecule has 0 radical (unpaired) electrons. The molecule has 0 amide bonds. The van der Waals surface area contributed by atoms with Gasteiger partial charge in [0.15, 0.2) is 0 Å². The molecule has 0 saturated carbocycles. The van der Waals surface area contributed by atoms with Crippen LogP contribution in [0.1, 0.15) is 29.0 Å². The maximum atomic E-state index is 11.5. The second-order valence-corrected chi connectivity index (χ2v) is 7.02. The van der Waals surface area contributed by atoms with E-state index in [0.29, 0.717) is 29.2 Å². The minimum Gasteiger partial charge on any atom is -0.497 e. The Morgan fingerprint density at radius 2 is 1.55 bits per heavy atom. The van der Waals surface area contributed by atoms with Gasteiger partial charge in [0, 0.05) is 35.6 Å². The van der Waals surface area contributed by atoms with E-state index >= 15 is 0 Å². The van der Waals surface area contributed by atoms with E-state index in [2.05, 4.69) is 0 Å². The Bertz CT molecular complexity index is 984. The molecule has 0 spiro atoms. The van der Waals surface area contributed by atoms with Crippen molar-refractivity contribution in [2.24, 2.45) is 0 Å². The predicted octanol–water partition coefficient (Wildman–Crippen LogP) is 4.47. The zero-order valence-corrected chi connectivity index (χ0v) is 16.7. The minimum absolute atomic E-state index is 0.143. The van der Waals surface area contributed by atoms with Crippen LogP contribution in [-0.2, 0) is 5.79 Å². The molecule has 0 unspecified atom stereocenters. The third-order valence-electron chi connectivity index (χ3n) is 5.38. The summed E-state index contributed by atoms with van der Waals surface area (Å²) < 4.78 is 22.5. The summed E-state index contributed by atoms with van der Waals surface area (Å²) in [6.07, 6.45) is 0.346. The number of hydrogen-bond donors (Lipinski definition) is 1. The Kier molecular flexibility index (Phi) is 5.07. The number of rotatable bonds is 5. The standard InChI is InChI=1S/C24H24O5/c1-26-18-11-9-16(10-12-18)20-15-24(25,17-7-5-4-6-8-17)29-22-14-19(27-2)13-21(28-3)23(20)22/h4-14,20,25H,15H2,1-3H3/t20-,24+/m1/s1. The summed E-state index contributed by atoms with van der Waals surface area (Å²) in [5.74, 6) is 0.967. The van der Waals surface area contributed by atoms with Gasteiger partial charge in [0.05, 0.1) is 21.3 Å². The van der Waals surface area contributed by atoms with Gasteiger partial charge in [0.25, 0.3) is 0 Å². The lowest BCUT2D eigenvalue weighted by Crippen LogP contribution is -2.38. The number of aliphatic hydroxyl groups is 1. The molecular formula is C24H24O5. The lowest BCUT2D eigenvalue weighted by Gasteiger charge is -2.39. The van der Waals surface area contributed by atoms with Gasteiger partial charge in [-0.1, -0.05) is 42.5 Å². The van der Waals surface area contributed by atoms with E-state index in [-0.39, 0.29) is 5.92 Å². The van der Waals surface area contributed by atoms with Crippen molar-refractivity contribution in [1.82, 2.24) is 0 Å². The molecule has 1 aliphatic heterocycles. The smallest absolute Gasteiger partial charge is 0.235 e. The quantitative estimate of drug-likeness (QED) is 0.694. The molecule has 1 N–H and O–H groups in total. The molecule has 0 saturated heterocycles. The number of benzene rings is 3. The number of methoxy groups -OCH3 is 3. The van der Waals surface area contributed by atoms with Crippen LogP contribution < -0.4 is 18.9 Å². The van der Waals surface area contributed by atoms with E-state index in [1.165, 1.54) is 0 Å². The number of ether oxygens (including phenoxy) is 4. The number of hydrogen-bond acceptors (Lipinski definition) is 5. The summed E-state index contributed by atoms with van der Waals surface area (Å²) in [5, 5.41) is 11.5. The lowest BCUT2D eigenvalue weighted by atomic mass is 9.80. The molecule has 2 atom stereocenters. The Morgan fingerprint density at radius 1 is 0.862 bits per heavy atom. The molecule has 0 bridgehead atoms. The van der Waals surface area contributed by atoms with Crippen LogP contribution in [-0.4, -0.2) is 26.4 Å². The fourth-order valence-corrected chi connectivity index (χ4v) is 3.89. The van der Waals surface area contributed by atoms with Gasteiger partial charge >= 0.3 is 0 Å². The Hall–Kier alpha value is -3.18. The van der Waals surface area contributed by atoms with Crippen LogP contribution in [0.2, 0.25) is 0 Å². The monoisotopic (exact) mass is 392 g/mol. The molecule has 5 heteroatoms. The van der Waals surface area contributed by atoms with Gasteiger partial charge in [0.1, 0.15) is 23.0 Å². The van der Waals surface area contributed by atoms with Crippen molar-refractivity contribution >= 4 is 0 Å². The van der Waals surface area contributed by atoms with Gasteiger partial charge in [-0.2, -0.15) is 0 Å². The molecular weight excluding hydrogens is 368 g/mol. The fraction of sp³-hybridized carbons (Fsp3) is 0.250. The fourth-order valence-electron chi connectivity index (χ4n) is 3.89. The van der Waals surface area contributed by atoms with E-state index in [1.54, 1.807) is 27.4 Å². The van der Waals surface area contributed by atoms with Crippen LogP contribution in [0.25, 0.3) is 0 Å². The van der Waals surface area contributed by atoms with Crippen LogP contribution >= 0.6 is 0 Å². The summed E-state index contributed by atoms with van der Waals surface area (Å²) in [5.41, 5.74) is 2.62. The summed E-state index contributed by atoms with van der Waals surface area (Å²) in [4.78, 5) is 0. The molecule has 0 aromatic heterocycles. The molecule has 5 nitrogen and oxygen atoms in total. The third-order valence-corrected chi connectivity index (χ3v) is 5.38. The minimum atomic E-state index is -1.48. The van der Waals surface area contributed by atoms with Crippen molar-refractivity contribution in [3.05, 3.63) is 83.4 Å². The Morgan fingerprint density at radius 3 is 2.17 bits per heavy atom. The van der Waals surface area contributed by atoms with E-state index in [1.807, 2.05) is 60.7 Å². The average molecular weight is 392 g/mol. The third kappa shape index (κ3) is 3.49. The summed E-state index contributed by atoms with van der Waals surface area (Å²) >= 11 is 0. The summed E-state index contributed by atoms with van der Waals surface area (Å²) in [6, 6.07) is 20.9.